The van der Waals surface area contributed by atoms with E-state index in [9.17, 15) is 4.79 Å². The summed E-state index contributed by atoms with van der Waals surface area (Å²) in [5, 5.41) is 0. The first-order valence-electron chi connectivity index (χ1n) is 7.85. The molecule has 25 heavy (non-hydrogen) atoms. The van der Waals surface area contributed by atoms with Gasteiger partial charge in [-0.15, -0.1) is 0 Å². The monoisotopic (exact) mass is 388 g/mol. The number of carbonyl (C=O) groups is 1. The topological polar surface area (TPSA) is 41.8 Å². The summed E-state index contributed by atoms with van der Waals surface area (Å²) >= 11 is 3.42. The van der Waals surface area contributed by atoms with Crippen molar-refractivity contribution in [1.29, 1.82) is 0 Å². The molecule has 0 bridgehead atoms. The molecule has 4 heteroatoms. The number of nitrogens with zero attached hydrogens (tertiary/aromatic N) is 2. The van der Waals surface area contributed by atoms with E-state index in [0.717, 1.165) is 27.0 Å². The number of hydrogen-bond acceptors (Lipinski definition) is 2. The van der Waals surface area contributed by atoms with Gasteiger partial charge in [-0.25, -0.2) is 9.98 Å². The van der Waals surface area contributed by atoms with Crippen LogP contribution in [-0.4, -0.2) is 17.3 Å². The number of carbonyl (C=O) groups excluding carboxylic acids is 1. The van der Waals surface area contributed by atoms with Gasteiger partial charge in [-0.3, -0.25) is 4.79 Å². The van der Waals surface area contributed by atoms with Crippen LogP contribution in [0.4, 0.5) is 5.69 Å². The summed E-state index contributed by atoms with van der Waals surface area (Å²) in [6.07, 6.45) is 0. The first kappa shape index (κ1) is 15.7. The molecular formula is C21H13BrN2O. The van der Waals surface area contributed by atoms with Crippen LogP contribution in [0.3, 0.4) is 0 Å². The van der Waals surface area contributed by atoms with E-state index in [-0.39, 0.29) is 5.91 Å². The third kappa shape index (κ3) is 2.96. The average molecular weight is 389 g/mol. The van der Waals surface area contributed by atoms with Gasteiger partial charge in [0.2, 0.25) is 0 Å². The minimum atomic E-state index is -0.289. The third-order valence-electron chi connectivity index (χ3n) is 3.98. The van der Waals surface area contributed by atoms with Crippen LogP contribution in [0.1, 0.15) is 21.5 Å². The van der Waals surface area contributed by atoms with Crippen molar-refractivity contribution in [3.05, 3.63) is 100 Å². The highest BCUT2D eigenvalue weighted by Gasteiger charge is 2.25. The van der Waals surface area contributed by atoms with Gasteiger partial charge < -0.3 is 0 Å². The van der Waals surface area contributed by atoms with E-state index in [0.29, 0.717) is 11.3 Å². The fourth-order valence-electron chi connectivity index (χ4n) is 2.78. The van der Waals surface area contributed by atoms with E-state index in [1.165, 1.54) is 0 Å². The summed E-state index contributed by atoms with van der Waals surface area (Å²) < 4.78 is 0.730. The molecule has 0 unspecified atom stereocenters. The van der Waals surface area contributed by atoms with Crippen molar-refractivity contribution in [3.8, 4) is 0 Å². The zero-order valence-corrected chi connectivity index (χ0v) is 14.8. The first-order chi connectivity index (χ1) is 12.2. The number of amides is 1. The van der Waals surface area contributed by atoms with Gasteiger partial charge in [0, 0.05) is 15.6 Å². The van der Waals surface area contributed by atoms with Crippen LogP contribution in [-0.2, 0) is 0 Å². The van der Waals surface area contributed by atoms with Gasteiger partial charge >= 0.3 is 0 Å². The predicted molar refractivity (Wildman–Crippen MR) is 104 cm³/mol. The molecule has 0 atom stereocenters. The summed E-state index contributed by atoms with van der Waals surface area (Å²) in [6, 6.07) is 24.8. The van der Waals surface area contributed by atoms with E-state index in [4.69, 9.17) is 4.99 Å². The fraction of sp³-hybridized carbons (Fsp3) is 0. The molecule has 1 aliphatic rings. The highest BCUT2D eigenvalue weighted by atomic mass is 79.9. The van der Waals surface area contributed by atoms with Crippen LogP contribution in [0.25, 0.3) is 0 Å². The molecule has 0 aliphatic carbocycles. The van der Waals surface area contributed by atoms with E-state index >= 15 is 0 Å². The Kier molecular flexibility index (Phi) is 4.12. The molecule has 3 aromatic carbocycles. The lowest BCUT2D eigenvalue weighted by Crippen LogP contribution is -2.15. The summed E-state index contributed by atoms with van der Waals surface area (Å²) in [7, 11) is 0. The second-order valence-electron chi connectivity index (χ2n) is 5.59. The minimum Gasteiger partial charge on any atom is -0.267 e. The molecule has 1 amide bonds. The summed E-state index contributed by atoms with van der Waals surface area (Å²) in [6.45, 7) is 0. The van der Waals surface area contributed by atoms with Crippen molar-refractivity contribution in [2.75, 3.05) is 0 Å². The van der Waals surface area contributed by atoms with Crippen molar-refractivity contribution in [3.63, 3.8) is 0 Å². The van der Waals surface area contributed by atoms with Crippen LogP contribution in [0, 0.1) is 0 Å². The average Bonchev–Trinajstić information content (AvgIpc) is 3.01. The number of halogens is 1. The molecule has 0 spiro atoms. The first-order valence-corrected chi connectivity index (χ1v) is 8.65. The SMILES string of the molecule is O=C(N=C1C(c2ccccc2)=Nc2ccccc21)c1ccccc1Br. The standard InChI is InChI=1S/C21H13BrN2O/c22-17-12-6-4-10-15(17)21(25)24-20-16-11-5-7-13-18(16)23-19(20)14-8-2-1-3-9-14/h1-13H. The second kappa shape index (κ2) is 6.57. The van der Waals surface area contributed by atoms with Crippen molar-refractivity contribution in [2.45, 2.75) is 0 Å². The Bertz CT molecular complexity index is 1020. The molecule has 0 fully saturated rings. The van der Waals surface area contributed by atoms with Crippen molar-refractivity contribution in [1.82, 2.24) is 0 Å². The fourth-order valence-corrected chi connectivity index (χ4v) is 3.23. The molecule has 1 heterocycles. The number of para-hydroxylation sites is 1. The summed E-state index contributed by atoms with van der Waals surface area (Å²) in [5.74, 6) is -0.289. The Morgan fingerprint density at radius 3 is 2.32 bits per heavy atom. The molecule has 3 aromatic rings. The third-order valence-corrected chi connectivity index (χ3v) is 4.67. The lowest BCUT2D eigenvalue weighted by atomic mass is 10.0. The van der Waals surface area contributed by atoms with Gasteiger partial charge in [0.05, 0.1) is 17.0 Å². The molecule has 4 rings (SSSR count). The Morgan fingerprint density at radius 1 is 0.840 bits per heavy atom. The zero-order chi connectivity index (χ0) is 17.2. The Morgan fingerprint density at radius 2 is 1.52 bits per heavy atom. The van der Waals surface area contributed by atoms with Crippen LogP contribution in [0.15, 0.2) is 93.3 Å². The molecule has 1 aliphatic heterocycles. The lowest BCUT2D eigenvalue weighted by molar-refractivity contribution is 0.100. The Labute approximate surface area is 153 Å². The van der Waals surface area contributed by atoms with Crippen LogP contribution in [0.5, 0.6) is 0 Å². The van der Waals surface area contributed by atoms with Gasteiger partial charge in [0.1, 0.15) is 5.71 Å². The van der Waals surface area contributed by atoms with Gasteiger partial charge in [0.15, 0.2) is 0 Å². The highest BCUT2D eigenvalue weighted by Crippen LogP contribution is 2.29. The molecule has 0 saturated carbocycles. The second-order valence-corrected chi connectivity index (χ2v) is 6.44. The smallest absolute Gasteiger partial charge is 0.267 e. The van der Waals surface area contributed by atoms with Gasteiger partial charge in [0.25, 0.3) is 5.91 Å². The molecule has 120 valence electrons. The maximum absolute atomic E-state index is 12.7. The molecule has 0 aromatic heterocycles. The minimum absolute atomic E-state index is 0.289. The van der Waals surface area contributed by atoms with Crippen LogP contribution >= 0.6 is 15.9 Å². The van der Waals surface area contributed by atoms with Crippen molar-refractivity contribution in [2.24, 2.45) is 9.98 Å². The highest BCUT2D eigenvalue weighted by molar-refractivity contribution is 9.10. The lowest BCUT2D eigenvalue weighted by Gasteiger charge is -2.05. The van der Waals surface area contributed by atoms with Gasteiger partial charge in [-0.1, -0.05) is 60.7 Å². The molecule has 0 radical (unpaired) electrons. The van der Waals surface area contributed by atoms with E-state index < -0.39 is 0 Å². The summed E-state index contributed by atoms with van der Waals surface area (Å²) in [5.41, 5.74) is 4.52. The maximum Gasteiger partial charge on any atom is 0.278 e. The summed E-state index contributed by atoms with van der Waals surface area (Å²) in [4.78, 5) is 21.9. The number of hydrogen-bond donors (Lipinski definition) is 0. The largest absolute Gasteiger partial charge is 0.278 e. The van der Waals surface area contributed by atoms with Crippen LogP contribution < -0.4 is 0 Å². The number of rotatable bonds is 2. The van der Waals surface area contributed by atoms with Crippen LogP contribution in [0.2, 0.25) is 0 Å². The molecule has 0 saturated heterocycles. The van der Waals surface area contributed by atoms with Gasteiger partial charge in [-0.05, 0) is 34.1 Å². The van der Waals surface area contributed by atoms with Gasteiger partial charge in [-0.2, -0.15) is 0 Å². The molecular weight excluding hydrogens is 376 g/mol. The van der Waals surface area contributed by atoms with Crippen molar-refractivity contribution < 1.29 is 4.79 Å². The Balaban J connectivity index is 1.84. The number of benzene rings is 3. The normalized spacial score (nSPS) is 14.3. The number of aliphatic imine (C=N–C) groups is 2. The quantitative estimate of drug-likeness (QED) is 0.593. The Hall–Kier alpha value is -2.85. The maximum atomic E-state index is 12.7. The predicted octanol–water partition coefficient (Wildman–Crippen LogP) is 5.21. The van der Waals surface area contributed by atoms with E-state index in [1.54, 1.807) is 6.07 Å². The zero-order valence-electron chi connectivity index (χ0n) is 13.2. The van der Waals surface area contributed by atoms with E-state index in [1.807, 2.05) is 72.8 Å². The molecule has 3 nitrogen and oxygen atoms in total. The molecule has 0 N–H and O–H groups in total. The number of fused-ring (bicyclic) bond motifs is 1. The van der Waals surface area contributed by atoms with E-state index in [2.05, 4.69) is 20.9 Å². The van der Waals surface area contributed by atoms with Crippen molar-refractivity contribution >= 4 is 38.9 Å².